The molecule has 0 aromatic heterocycles. The van der Waals surface area contributed by atoms with E-state index < -0.39 is 0 Å². The predicted molar refractivity (Wildman–Crippen MR) is 78.0 cm³/mol. The van der Waals surface area contributed by atoms with Crippen molar-refractivity contribution in [3.8, 4) is 0 Å². The minimum Gasteiger partial charge on any atom is -0.377 e. The Bertz CT molecular complexity index is 439. The van der Waals surface area contributed by atoms with Gasteiger partial charge in [0.05, 0.1) is 6.10 Å². The highest BCUT2D eigenvalue weighted by Crippen LogP contribution is 2.15. The number of nitrogens with zero attached hydrogens (tertiary/aromatic N) is 1. The van der Waals surface area contributed by atoms with Crippen molar-refractivity contribution in [2.24, 2.45) is 0 Å². The zero-order valence-electron chi connectivity index (χ0n) is 11.1. The van der Waals surface area contributed by atoms with Crippen molar-refractivity contribution < 1.29 is 9.53 Å². The number of ether oxygens (including phenoxy) is 1. The zero-order chi connectivity index (χ0) is 13.7. The first kappa shape index (κ1) is 14.3. The normalized spacial score (nSPS) is 19.9. The molecule has 0 radical (unpaired) electrons. The Morgan fingerprint density at radius 1 is 1.53 bits per heavy atom. The summed E-state index contributed by atoms with van der Waals surface area (Å²) in [6.07, 6.45) is 1.00. The van der Waals surface area contributed by atoms with Gasteiger partial charge in [-0.05, 0) is 25.0 Å². The third kappa shape index (κ3) is 4.21. The lowest BCUT2D eigenvalue weighted by Gasteiger charge is -2.22. The lowest BCUT2D eigenvalue weighted by Crippen LogP contribution is -2.42. The summed E-state index contributed by atoms with van der Waals surface area (Å²) < 4.78 is 6.55. The lowest BCUT2D eigenvalue weighted by atomic mass is 10.2. The molecule has 1 saturated heterocycles. The maximum atomic E-state index is 12.1. The molecule has 1 aromatic rings. The third-order valence-electron chi connectivity index (χ3n) is 3.13. The number of amides is 2. The summed E-state index contributed by atoms with van der Waals surface area (Å²) in [5, 5.41) is 2.96. The van der Waals surface area contributed by atoms with Crippen molar-refractivity contribution in [1.29, 1.82) is 0 Å². The Balaban J connectivity index is 1.88. The van der Waals surface area contributed by atoms with Crippen LogP contribution in [0.4, 0.5) is 4.79 Å². The lowest BCUT2D eigenvalue weighted by molar-refractivity contribution is 0.0710. The molecule has 0 saturated carbocycles. The monoisotopic (exact) mass is 326 g/mol. The third-order valence-corrected chi connectivity index (χ3v) is 3.90. The molecule has 0 bridgehead atoms. The van der Waals surface area contributed by atoms with Gasteiger partial charge < -0.3 is 15.0 Å². The molecular formula is C14H19BrN2O2. The summed E-state index contributed by atoms with van der Waals surface area (Å²) in [6.45, 7) is 4.68. The van der Waals surface area contributed by atoms with E-state index in [0.29, 0.717) is 13.1 Å². The molecule has 1 unspecified atom stereocenters. The molecule has 1 aliphatic heterocycles. The molecule has 1 N–H and O–H groups in total. The molecule has 1 heterocycles. The van der Waals surface area contributed by atoms with Crippen molar-refractivity contribution in [3.63, 3.8) is 0 Å². The minimum absolute atomic E-state index is 0.0203. The molecule has 1 fully saturated rings. The van der Waals surface area contributed by atoms with Gasteiger partial charge in [-0.25, -0.2) is 4.79 Å². The number of hydrogen-bond acceptors (Lipinski definition) is 2. The molecule has 2 rings (SSSR count). The number of carbonyl (C=O) groups excluding carboxylic acids is 1. The SMILES string of the molecule is CC1CN(C(=O)NCc2ccccc2Br)CCCO1. The average Bonchev–Trinajstić information content (AvgIpc) is 2.62. The number of nitrogens with one attached hydrogen (secondary N) is 1. The summed E-state index contributed by atoms with van der Waals surface area (Å²) in [7, 11) is 0. The highest BCUT2D eigenvalue weighted by molar-refractivity contribution is 9.10. The smallest absolute Gasteiger partial charge is 0.317 e. The van der Waals surface area contributed by atoms with Crippen LogP contribution in [-0.2, 0) is 11.3 Å². The van der Waals surface area contributed by atoms with Crippen molar-refractivity contribution >= 4 is 22.0 Å². The van der Waals surface area contributed by atoms with Gasteiger partial charge >= 0.3 is 6.03 Å². The molecular weight excluding hydrogens is 308 g/mol. The van der Waals surface area contributed by atoms with Crippen LogP contribution in [-0.4, -0.2) is 36.7 Å². The van der Waals surface area contributed by atoms with Crippen molar-refractivity contribution in [1.82, 2.24) is 10.2 Å². The molecule has 4 nitrogen and oxygen atoms in total. The topological polar surface area (TPSA) is 41.6 Å². The van der Waals surface area contributed by atoms with Gasteiger partial charge in [0.2, 0.25) is 0 Å². The highest BCUT2D eigenvalue weighted by Gasteiger charge is 2.19. The Kier molecular flexibility index (Phi) is 5.22. The molecule has 0 spiro atoms. The van der Waals surface area contributed by atoms with Crippen LogP contribution in [0, 0.1) is 0 Å². The molecule has 19 heavy (non-hydrogen) atoms. The fraction of sp³-hybridized carbons (Fsp3) is 0.500. The van der Waals surface area contributed by atoms with E-state index in [1.807, 2.05) is 36.1 Å². The van der Waals surface area contributed by atoms with Gasteiger partial charge in [-0.1, -0.05) is 34.1 Å². The Morgan fingerprint density at radius 3 is 3.11 bits per heavy atom. The number of benzene rings is 1. The molecule has 1 aliphatic rings. The van der Waals surface area contributed by atoms with E-state index in [1.165, 1.54) is 0 Å². The van der Waals surface area contributed by atoms with E-state index in [2.05, 4.69) is 21.2 Å². The molecule has 1 atom stereocenters. The molecule has 1 aromatic carbocycles. The largest absolute Gasteiger partial charge is 0.377 e. The van der Waals surface area contributed by atoms with E-state index in [0.717, 1.165) is 29.6 Å². The van der Waals surface area contributed by atoms with Crippen LogP contribution in [0.1, 0.15) is 18.9 Å². The summed E-state index contributed by atoms with van der Waals surface area (Å²) in [6, 6.07) is 7.88. The zero-order valence-corrected chi connectivity index (χ0v) is 12.6. The quantitative estimate of drug-likeness (QED) is 0.907. The van der Waals surface area contributed by atoms with Crippen LogP contribution in [0.3, 0.4) is 0 Å². The van der Waals surface area contributed by atoms with Crippen LogP contribution >= 0.6 is 15.9 Å². The molecule has 0 aliphatic carbocycles. The Morgan fingerprint density at radius 2 is 2.32 bits per heavy atom. The number of halogens is 1. The summed E-state index contributed by atoms with van der Waals surface area (Å²) in [5.41, 5.74) is 1.08. The van der Waals surface area contributed by atoms with Crippen LogP contribution < -0.4 is 5.32 Å². The van der Waals surface area contributed by atoms with Crippen molar-refractivity contribution in [2.45, 2.75) is 26.0 Å². The number of carbonyl (C=O) groups is 1. The first-order valence-electron chi connectivity index (χ1n) is 6.54. The second-order valence-electron chi connectivity index (χ2n) is 4.73. The van der Waals surface area contributed by atoms with Crippen LogP contribution in [0.15, 0.2) is 28.7 Å². The van der Waals surface area contributed by atoms with Gasteiger partial charge in [-0.15, -0.1) is 0 Å². The van der Waals surface area contributed by atoms with E-state index in [9.17, 15) is 4.79 Å². The fourth-order valence-corrected chi connectivity index (χ4v) is 2.53. The number of urea groups is 1. The van der Waals surface area contributed by atoms with Crippen LogP contribution in [0.25, 0.3) is 0 Å². The van der Waals surface area contributed by atoms with Crippen molar-refractivity contribution in [3.05, 3.63) is 34.3 Å². The first-order chi connectivity index (χ1) is 9.16. The number of hydrogen-bond donors (Lipinski definition) is 1. The number of rotatable bonds is 2. The molecule has 5 heteroatoms. The van der Waals surface area contributed by atoms with Gasteiger partial charge in [0, 0.05) is 30.7 Å². The highest BCUT2D eigenvalue weighted by atomic mass is 79.9. The second-order valence-corrected chi connectivity index (χ2v) is 5.59. The molecule has 2 amide bonds. The van der Waals surface area contributed by atoms with E-state index in [4.69, 9.17) is 4.74 Å². The molecule has 104 valence electrons. The fourth-order valence-electron chi connectivity index (χ4n) is 2.10. The summed E-state index contributed by atoms with van der Waals surface area (Å²) in [5.74, 6) is 0. The standard InChI is InChI=1S/C14H19BrN2O2/c1-11-10-17(7-4-8-19-11)14(18)16-9-12-5-2-3-6-13(12)15/h2-3,5-6,11H,4,7-10H2,1H3,(H,16,18). The van der Waals surface area contributed by atoms with Gasteiger partial charge in [0.25, 0.3) is 0 Å². The van der Waals surface area contributed by atoms with Gasteiger partial charge in [0.1, 0.15) is 0 Å². The minimum atomic E-state index is -0.0203. The van der Waals surface area contributed by atoms with Crippen LogP contribution in [0.2, 0.25) is 0 Å². The maximum Gasteiger partial charge on any atom is 0.317 e. The predicted octanol–water partition coefficient (Wildman–Crippen LogP) is 2.77. The maximum absolute atomic E-state index is 12.1. The summed E-state index contributed by atoms with van der Waals surface area (Å²) in [4.78, 5) is 14.0. The van der Waals surface area contributed by atoms with Gasteiger partial charge in [-0.2, -0.15) is 0 Å². The van der Waals surface area contributed by atoms with E-state index in [1.54, 1.807) is 0 Å². The van der Waals surface area contributed by atoms with Gasteiger partial charge in [-0.3, -0.25) is 0 Å². The first-order valence-corrected chi connectivity index (χ1v) is 7.34. The average molecular weight is 327 g/mol. The second kappa shape index (κ2) is 6.91. The van der Waals surface area contributed by atoms with E-state index in [-0.39, 0.29) is 12.1 Å². The summed E-state index contributed by atoms with van der Waals surface area (Å²) >= 11 is 3.48. The Labute approximate surface area is 122 Å². The van der Waals surface area contributed by atoms with Crippen LogP contribution in [0.5, 0.6) is 0 Å². The van der Waals surface area contributed by atoms with Gasteiger partial charge in [0.15, 0.2) is 0 Å². The Hall–Kier alpha value is -1.07. The van der Waals surface area contributed by atoms with Crippen molar-refractivity contribution in [2.75, 3.05) is 19.7 Å². The van der Waals surface area contributed by atoms with E-state index >= 15 is 0 Å².